The van der Waals surface area contributed by atoms with Gasteiger partial charge in [-0.25, -0.2) is 0 Å². The summed E-state index contributed by atoms with van der Waals surface area (Å²) >= 11 is 12.8. The standard InChI is InChI=1S/C5H4Cl2N2S/c1-10-4-3(6)2-8-9-5(4)7/h2H,1H3. The molecule has 10 heavy (non-hydrogen) atoms. The molecule has 1 heterocycles. The zero-order valence-electron chi connectivity index (χ0n) is 5.14. The zero-order chi connectivity index (χ0) is 7.56. The minimum Gasteiger partial charge on any atom is -0.156 e. The van der Waals surface area contributed by atoms with Gasteiger partial charge in [-0.05, 0) is 6.26 Å². The average molecular weight is 195 g/mol. The van der Waals surface area contributed by atoms with Crippen molar-refractivity contribution < 1.29 is 0 Å². The van der Waals surface area contributed by atoms with Gasteiger partial charge in [-0.3, -0.25) is 0 Å². The van der Waals surface area contributed by atoms with E-state index in [1.54, 1.807) is 0 Å². The molecule has 1 aromatic rings. The van der Waals surface area contributed by atoms with Crippen LogP contribution in [0.2, 0.25) is 10.2 Å². The topological polar surface area (TPSA) is 25.8 Å². The molecule has 0 bridgehead atoms. The van der Waals surface area contributed by atoms with Crippen molar-refractivity contribution in [1.82, 2.24) is 10.2 Å². The molecule has 0 aliphatic carbocycles. The largest absolute Gasteiger partial charge is 0.166 e. The van der Waals surface area contributed by atoms with Crippen LogP contribution in [0, 0.1) is 0 Å². The molecule has 1 rings (SSSR count). The summed E-state index contributed by atoms with van der Waals surface area (Å²) in [7, 11) is 0. The smallest absolute Gasteiger partial charge is 0.156 e. The van der Waals surface area contributed by atoms with E-state index in [1.165, 1.54) is 18.0 Å². The third-order valence-electron chi connectivity index (χ3n) is 0.925. The molecule has 5 heteroatoms. The van der Waals surface area contributed by atoms with E-state index in [0.29, 0.717) is 10.2 Å². The molecule has 0 atom stereocenters. The van der Waals surface area contributed by atoms with Crippen molar-refractivity contribution in [2.24, 2.45) is 0 Å². The van der Waals surface area contributed by atoms with Crippen molar-refractivity contribution in [3.05, 3.63) is 16.4 Å². The highest BCUT2D eigenvalue weighted by molar-refractivity contribution is 7.98. The zero-order valence-corrected chi connectivity index (χ0v) is 7.46. The molecule has 2 nitrogen and oxygen atoms in total. The van der Waals surface area contributed by atoms with E-state index in [1.807, 2.05) is 6.26 Å². The van der Waals surface area contributed by atoms with Gasteiger partial charge in [0.1, 0.15) is 0 Å². The van der Waals surface area contributed by atoms with E-state index in [0.717, 1.165) is 4.90 Å². The van der Waals surface area contributed by atoms with Crippen LogP contribution in [0.15, 0.2) is 11.1 Å². The molecule has 54 valence electrons. The first-order valence-electron chi connectivity index (χ1n) is 2.46. The van der Waals surface area contributed by atoms with Crippen molar-refractivity contribution in [3.8, 4) is 0 Å². The average Bonchev–Trinajstić information content (AvgIpc) is 1.88. The molecule has 0 fully saturated rings. The van der Waals surface area contributed by atoms with Crippen molar-refractivity contribution in [3.63, 3.8) is 0 Å². The van der Waals surface area contributed by atoms with Crippen LogP contribution in [0.1, 0.15) is 0 Å². The summed E-state index contributed by atoms with van der Waals surface area (Å²) in [4.78, 5) is 0.776. The number of halogens is 2. The Labute approximate surface area is 72.9 Å². The Morgan fingerprint density at radius 1 is 1.50 bits per heavy atom. The molecule has 0 radical (unpaired) electrons. The lowest BCUT2D eigenvalue weighted by atomic mass is 10.6. The lowest BCUT2D eigenvalue weighted by Gasteiger charge is -1.98. The molecule has 0 aromatic carbocycles. The number of rotatable bonds is 1. The summed E-state index contributed by atoms with van der Waals surface area (Å²) < 4.78 is 0. The molecule has 0 N–H and O–H groups in total. The Morgan fingerprint density at radius 2 is 2.20 bits per heavy atom. The predicted molar refractivity (Wildman–Crippen MR) is 43.8 cm³/mol. The van der Waals surface area contributed by atoms with E-state index in [4.69, 9.17) is 23.2 Å². The second-order valence-electron chi connectivity index (χ2n) is 1.52. The maximum Gasteiger partial charge on any atom is 0.166 e. The summed E-state index contributed by atoms with van der Waals surface area (Å²) in [6, 6.07) is 0. The van der Waals surface area contributed by atoms with Gasteiger partial charge in [-0.2, -0.15) is 5.10 Å². The van der Waals surface area contributed by atoms with Gasteiger partial charge >= 0.3 is 0 Å². The van der Waals surface area contributed by atoms with Crippen molar-refractivity contribution in [1.29, 1.82) is 0 Å². The van der Waals surface area contributed by atoms with Crippen LogP contribution in [-0.2, 0) is 0 Å². The van der Waals surface area contributed by atoms with Gasteiger partial charge in [0.05, 0.1) is 16.1 Å². The molecule has 0 aliphatic rings. The molecule has 0 saturated heterocycles. The van der Waals surface area contributed by atoms with E-state index in [2.05, 4.69) is 10.2 Å². The van der Waals surface area contributed by atoms with Crippen LogP contribution in [0.5, 0.6) is 0 Å². The Hall–Kier alpha value is 0.01000. The van der Waals surface area contributed by atoms with Crippen LogP contribution in [0.4, 0.5) is 0 Å². The second kappa shape index (κ2) is 3.42. The highest BCUT2D eigenvalue weighted by Crippen LogP contribution is 2.29. The number of hydrogen-bond donors (Lipinski definition) is 0. The normalized spacial score (nSPS) is 9.90. The lowest BCUT2D eigenvalue weighted by molar-refractivity contribution is 0.998. The minimum absolute atomic E-state index is 0.361. The quantitative estimate of drug-likeness (QED) is 0.644. The monoisotopic (exact) mass is 194 g/mol. The van der Waals surface area contributed by atoms with E-state index in [-0.39, 0.29) is 0 Å². The SMILES string of the molecule is CSc1c(Cl)cnnc1Cl. The minimum atomic E-state index is 0.361. The molecule has 0 saturated carbocycles. The number of aromatic nitrogens is 2. The Bertz CT molecular complexity index is 221. The molecule has 1 aromatic heterocycles. The fraction of sp³-hybridized carbons (Fsp3) is 0.200. The van der Waals surface area contributed by atoms with Crippen molar-refractivity contribution >= 4 is 35.0 Å². The van der Waals surface area contributed by atoms with Crippen LogP contribution >= 0.6 is 35.0 Å². The number of thioether (sulfide) groups is 1. The Kier molecular flexibility index (Phi) is 2.77. The summed E-state index contributed by atoms with van der Waals surface area (Å²) in [5.41, 5.74) is 0. The second-order valence-corrected chi connectivity index (χ2v) is 3.10. The van der Waals surface area contributed by atoms with Gasteiger partial charge in [0.25, 0.3) is 0 Å². The summed E-state index contributed by atoms with van der Waals surface area (Å²) in [5, 5.41) is 8.10. The highest BCUT2D eigenvalue weighted by Gasteiger charge is 2.04. The van der Waals surface area contributed by atoms with Crippen LogP contribution in [-0.4, -0.2) is 16.5 Å². The Balaban J connectivity index is 3.17. The fourth-order valence-corrected chi connectivity index (χ4v) is 1.76. The molecule has 0 amide bonds. The molecule has 0 unspecified atom stereocenters. The van der Waals surface area contributed by atoms with Crippen LogP contribution < -0.4 is 0 Å². The third-order valence-corrected chi connectivity index (χ3v) is 2.52. The number of nitrogens with zero attached hydrogens (tertiary/aromatic N) is 2. The third kappa shape index (κ3) is 1.54. The van der Waals surface area contributed by atoms with E-state index in [9.17, 15) is 0 Å². The van der Waals surface area contributed by atoms with Crippen molar-refractivity contribution in [2.75, 3.05) is 6.26 Å². The van der Waals surface area contributed by atoms with Gasteiger partial charge < -0.3 is 0 Å². The highest BCUT2D eigenvalue weighted by atomic mass is 35.5. The summed E-state index contributed by atoms with van der Waals surface area (Å²) in [6.45, 7) is 0. The first-order valence-corrected chi connectivity index (χ1v) is 4.44. The van der Waals surface area contributed by atoms with E-state index < -0.39 is 0 Å². The first-order chi connectivity index (χ1) is 4.75. The Morgan fingerprint density at radius 3 is 2.60 bits per heavy atom. The molecular formula is C5H4Cl2N2S. The molecule has 0 spiro atoms. The van der Waals surface area contributed by atoms with Gasteiger partial charge in [-0.15, -0.1) is 16.9 Å². The first kappa shape index (κ1) is 8.11. The van der Waals surface area contributed by atoms with Gasteiger partial charge in [-0.1, -0.05) is 23.2 Å². The summed E-state index contributed by atoms with van der Waals surface area (Å²) in [6.07, 6.45) is 3.36. The number of hydrogen-bond acceptors (Lipinski definition) is 3. The molecule has 0 aliphatic heterocycles. The predicted octanol–water partition coefficient (Wildman–Crippen LogP) is 2.51. The maximum atomic E-state index is 5.72. The fourth-order valence-electron chi connectivity index (χ4n) is 0.515. The van der Waals surface area contributed by atoms with Gasteiger partial charge in [0.15, 0.2) is 5.15 Å². The van der Waals surface area contributed by atoms with Gasteiger partial charge in [0, 0.05) is 0 Å². The lowest BCUT2D eigenvalue weighted by Crippen LogP contribution is -1.84. The summed E-state index contributed by atoms with van der Waals surface area (Å²) in [5.74, 6) is 0. The molecular weight excluding hydrogens is 191 g/mol. The van der Waals surface area contributed by atoms with Crippen LogP contribution in [0.25, 0.3) is 0 Å². The maximum absolute atomic E-state index is 5.72. The van der Waals surface area contributed by atoms with Gasteiger partial charge in [0.2, 0.25) is 0 Å². The van der Waals surface area contributed by atoms with Crippen LogP contribution in [0.3, 0.4) is 0 Å². The van der Waals surface area contributed by atoms with Crippen molar-refractivity contribution in [2.45, 2.75) is 4.90 Å². The van der Waals surface area contributed by atoms with E-state index >= 15 is 0 Å².